The van der Waals surface area contributed by atoms with E-state index in [1.807, 2.05) is 13.8 Å². The first-order valence-electron chi connectivity index (χ1n) is 7.56. The van der Waals surface area contributed by atoms with Crippen molar-refractivity contribution < 1.29 is 28.3 Å². The minimum atomic E-state index is -2.69. The van der Waals surface area contributed by atoms with Gasteiger partial charge in [0, 0.05) is 25.4 Å². The fraction of sp³-hybridized carbons (Fsp3) is 0.867. The summed E-state index contributed by atoms with van der Waals surface area (Å²) in [5, 5.41) is 2.84. The van der Waals surface area contributed by atoms with Gasteiger partial charge in [0.2, 0.25) is 12.5 Å². The molecule has 0 fully saturated rings. The van der Waals surface area contributed by atoms with Gasteiger partial charge in [0.25, 0.3) is 0 Å². The van der Waals surface area contributed by atoms with Gasteiger partial charge in [-0.2, -0.15) is 19.2 Å². The van der Waals surface area contributed by atoms with Crippen molar-refractivity contribution in [2.75, 3.05) is 13.3 Å². The van der Waals surface area contributed by atoms with Crippen LogP contribution in [0.3, 0.4) is 0 Å². The fourth-order valence-electron chi connectivity index (χ4n) is 0.513. The molecule has 3 N–H and O–H groups in total. The summed E-state index contributed by atoms with van der Waals surface area (Å²) in [4.78, 5) is 32.5. The number of nitrogens with two attached hydrogens (primary N) is 1. The average Bonchev–Trinajstić information content (AvgIpc) is 2.36. The summed E-state index contributed by atoms with van der Waals surface area (Å²) in [5.41, 5.74) is 5.44. The van der Waals surface area contributed by atoms with Crippen LogP contribution in [0.2, 0.25) is 0 Å². The quantitative estimate of drug-likeness (QED) is 0.480. The lowest BCUT2D eigenvalue weighted by Crippen LogP contribution is -2.26. The summed E-state index contributed by atoms with van der Waals surface area (Å²) in [7, 11) is 0. The van der Waals surface area contributed by atoms with Crippen LogP contribution in [0, 0.1) is 11.8 Å². The predicted octanol–water partition coefficient (Wildman–Crippen LogP) is 5.43. The Kier molecular flexibility index (Phi) is 37.7. The SMILES string of the molecule is C.CC(C)[C@H](C)N.CC(C)[C@H](C)NP(C)(=O)Cl.CP(=O)(Cl)Cl.O=C=O.O=C=O. The smallest absolute Gasteiger partial charge is 0.328 e. The molecule has 0 aliphatic heterocycles. The first-order chi connectivity index (χ1) is 11.8. The number of carbonyl (C=O) groups excluding carboxylic acids is 4. The fourth-order valence-corrected chi connectivity index (χ4v) is 2.00. The highest BCUT2D eigenvalue weighted by Gasteiger charge is 2.15. The standard InChI is InChI=1S/C6H15ClNOP.C5H13N.CH3Cl2OP.2CO2.CH4/c1-5(2)6(3)8-10(4,7)9;1-4(2)5(3)6;1-5(2,3)4;2*2-1-3;/h5-6H,1-4H3,(H,8,9);4-5H,6H2,1-3H3;1H3;;;1H4/t6-,10?;5-;;;;/m00..../s1. The first kappa shape index (κ1) is 42.2. The molecule has 0 aliphatic rings. The van der Waals surface area contributed by atoms with Crippen LogP contribution in [0.15, 0.2) is 0 Å². The topological polar surface area (TPSA) is 140 Å². The van der Waals surface area contributed by atoms with Gasteiger partial charge in [-0.3, -0.25) is 14.2 Å². The van der Waals surface area contributed by atoms with E-state index < -0.39 is 12.5 Å². The molecule has 0 saturated heterocycles. The van der Waals surface area contributed by atoms with E-state index in [0.717, 1.165) is 0 Å². The van der Waals surface area contributed by atoms with Crippen LogP contribution in [0.25, 0.3) is 0 Å². The van der Waals surface area contributed by atoms with Crippen LogP contribution in [-0.2, 0) is 28.3 Å². The highest BCUT2D eigenvalue weighted by atomic mass is 35.9. The van der Waals surface area contributed by atoms with Crippen molar-refractivity contribution in [3.05, 3.63) is 0 Å². The number of hydrogen-bond donors (Lipinski definition) is 2. The molecular formula is C15H35Cl3N2O6P2. The second-order valence-corrected chi connectivity index (χ2v) is 15.6. The molecule has 1 unspecified atom stereocenters. The van der Waals surface area contributed by atoms with E-state index >= 15 is 0 Å². The van der Waals surface area contributed by atoms with E-state index in [4.69, 9.17) is 58.6 Å². The van der Waals surface area contributed by atoms with Gasteiger partial charge in [0.05, 0.1) is 0 Å². The molecule has 0 aromatic heterocycles. The lowest BCUT2D eigenvalue weighted by Gasteiger charge is -2.18. The van der Waals surface area contributed by atoms with Crippen LogP contribution in [-0.4, -0.2) is 37.7 Å². The van der Waals surface area contributed by atoms with Crippen molar-refractivity contribution in [2.45, 2.75) is 61.1 Å². The summed E-state index contributed by atoms with van der Waals surface area (Å²) in [5.74, 6) is -1.60. The second-order valence-electron chi connectivity index (χ2n) is 5.97. The molecule has 0 spiro atoms. The summed E-state index contributed by atoms with van der Waals surface area (Å²) in [6.45, 7) is 12.6. The molecule has 0 bridgehead atoms. The molecule has 0 amide bonds. The molecule has 172 valence electrons. The zero-order chi connectivity index (χ0) is 23.4. The van der Waals surface area contributed by atoms with E-state index in [-0.39, 0.29) is 25.8 Å². The lowest BCUT2D eigenvalue weighted by atomic mass is 10.1. The first-order valence-corrected chi connectivity index (χ1v) is 14.6. The van der Waals surface area contributed by atoms with Gasteiger partial charge in [-0.05, 0) is 59.4 Å². The van der Waals surface area contributed by atoms with Crippen LogP contribution >= 0.6 is 46.2 Å². The largest absolute Gasteiger partial charge is 0.373 e. The molecule has 3 atom stereocenters. The minimum absolute atomic E-state index is 0. The van der Waals surface area contributed by atoms with E-state index in [1.165, 1.54) is 13.3 Å². The van der Waals surface area contributed by atoms with E-state index in [1.54, 1.807) is 0 Å². The lowest BCUT2D eigenvalue weighted by molar-refractivity contribution is -0.193. The van der Waals surface area contributed by atoms with Crippen molar-refractivity contribution in [1.82, 2.24) is 5.09 Å². The van der Waals surface area contributed by atoms with Crippen LogP contribution in [0.1, 0.15) is 49.0 Å². The summed E-state index contributed by atoms with van der Waals surface area (Å²) in [6, 6.07) is 0.568. The molecule has 0 aromatic rings. The average molecular weight is 508 g/mol. The maximum atomic E-state index is 11.0. The number of halogens is 3. The molecule has 13 heteroatoms. The van der Waals surface area contributed by atoms with Gasteiger partial charge >= 0.3 is 12.3 Å². The van der Waals surface area contributed by atoms with Crippen molar-refractivity contribution >= 4 is 58.5 Å². The Morgan fingerprint density at radius 1 is 0.786 bits per heavy atom. The second kappa shape index (κ2) is 25.0. The Morgan fingerprint density at radius 2 is 0.964 bits per heavy atom. The predicted molar refractivity (Wildman–Crippen MR) is 117 cm³/mol. The molecule has 0 heterocycles. The van der Waals surface area contributed by atoms with Gasteiger partial charge < -0.3 is 5.73 Å². The zero-order valence-electron chi connectivity index (χ0n) is 16.9. The number of rotatable bonds is 4. The third kappa shape index (κ3) is 96.1. The third-order valence-corrected chi connectivity index (χ3v) is 3.65. The van der Waals surface area contributed by atoms with E-state index in [0.29, 0.717) is 17.9 Å². The summed E-state index contributed by atoms with van der Waals surface area (Å²) in [6.07, 6.45) is 0.500. The molecule has 0 saturated carbocycles. The number of nitrogens with one attached hydrogen (secondary N) is 1. The summed E-state index contributed by atoms with van der Waals surface area (Å²) >= 11 is 15.2. The van der Waals surface area contributed by atoms with Crippen LogP contribution < -0.4 is 10.8 Å². The van der Waals surface area contributed by atoms with Crippen molar-refractivity contribution in [1.29, 1.82) is 0 Å². The van der Waals surface area contributed by atoms with Gasteiger partial charge in [-0.25, -0.2) is 0 Å². The Hall–Kier alpha value is 0.0100. The zero-order valence-corrected chi connectivity index (χ0v) is 20.9. The van der Waals surface area contributed by atoms with Gasteiger partial charge in [-0.15, -0.1) is 0 Å². The van der Waals surface area contributed by atoms with Crippen molar-refractivity contribution in [3.8, 4) is 0 Å². The monoisotopic (exact) mass is 506 g/mol. The number of hydrogen-bond acceptors (Lipinski definition) is 7. The van der Waals surface area contributed by atoms with Crippen LogP contribution in [0.5, 0.6) is 0 Å². The Labute approximate surface area is 183 Å². The summed E-state index contributed by atoms with van der Waals surface area (Å²) < 4.78 is 20.7. The Balaban J connectivity index is -0.0000000584. The maximum Gasteiger partial charge on any atom is 0.373 e. The Morgan fingerprint density at radius 3 is 1.00 bits per heavy atom. The normalized spacial score (nSPS) is 13.4. The molecule has 28 heavy (non-hydrogen) atoms. The molecule has 0 radical (unpaired) electrons. The van der Waals surface area contributed by atoms with Gasteiger partial charge in [0.15, 0.2) is 0 Å². The van der Waals surface area contributed by atoms with Crippen LogP contribution in [0.4, 0.5) is 0 Å². The van der Waals surface area contributed by atoms with Crippen molar-refractivity contribution in [3.63, 3.8) is 0 Å². The Bertz CT molecular complexity index is 470. The van der Waals surface area contributed by atoms with Crippen molar-refractivity contribution in [2.24, 2.45) is 17.6 Å². The van der Waals surface area contributed by atoms with E-state index in [9.17, 15) is 9.13 Å². The minimum Gasteiger partial charge on any atom is -0.328 e. The molecular weight excluding hydrogens is 472 g/mol. The molecule has 0 aromatic carbocycles. The van der Waals surface area contributed by atoms with Gasteiger partial charge in [-0.1, -0.05) is 35.1 Å². The maximum absolute atomic E-state index is 11.0. The highest BCUT2D eigenvalue weighted by Crippen LogP contribution is 2.52. The molecule has 0 aliphatic carbocycles. The third-order valence-electron chi connectivity index (χ3n) is 2.49. The molecule has 0 rings (SSSR count). The van der Waals surface area contributed by atoms with E-state index in [2.05, 4.69) is 32.8 Å². The van der Waals surface area contributed by atoms with Gasteiger partial charge in [0.1, 0.15) is 0 Å². The molecule has 8 nitrogen and oxygen atoms in total. The highest BCUT2D eigenvalue weighted by molar-refractivity contribution is 8.08.